The van der Waals surface area contributed by atoms with Gasteiger partial charge in [-0.3, -0.25) is 4.79 Å². The van der Waals surface area contributed by atoms with Gasteiger partial charge in [0, 0.05) is 12.6 Å². The first kappa shape index (κ1) is 25.3. The maximum Gasteiger partial charge on any atom is 0.435 e. The SMILES string of the molecule is CC(C)NS(=O)(=O)Cc1ccccc1CNC(=O)c1nnn(-c2ccc(F)cc2)c1C(F)(F)F. The van der Waals surface area contributed by atoms with Crippen LogP contribution in [0.15, 0.2) is 48.5 Å². The molecule has 2 N–H and O–H groups in total. The molecule has 0 fully saturated rings. The lowest BCUT2D eigenvalue weighted by atomic mass is 10.1. The van der Waals surface area contributed by atoms with Crippen molar-refractivity contribution >= 4 is 15.9 Å². The van der Waals surface area contributed by atoms with Crippen LogP contribution in [0.2, 0.25) is 0 Å². The van der Waals surface area contributed by atoms with E-state index in [0.29, 0.717) is 15.8 Å². The average Bonchev–Trinajstić information content (AvgIpc) is 3.18. The maximum absolute atomic E-state index is 13.8. The number of carbonyl (C=O) groups excluding carboxylic acids is 1. The highest BCUT2D eigenvalue weighted by Gasteiger charge is 2.42. The van der Waals surface area contributed by atoms with E-state index in [-0.39, 0.29) is 24.0 Å². The minimum absolute atomic E-state index is 0.131. The fourth-order valence-corrected chi connectivity index (χ4v) is 4.68. The van der Waals surface area contributed by atoms with E-state index >= 15 is 0 Å². The Morgan fingerprint density at radius 2 is 1.68 bits per heavy atom. The Balaban J connectivity index is 1.85. The Labute approximate surface area is 193 Å². The lowest BCUT2D eigenvalue weighted by molar-refractivity contribution is -0.143. The van der Waals surface area contributed by atoms with Gasteiger partial charge in [-0.25, -0.2) is 22.2 Å². The molecule has 3 aromatic rings. The summed E-state index contributed by atoms with van der Waals surface area (Å²) >= 11 is 0. The molecule has 1 amide bonds. The molecule has 3 rings (SSSR count). The predicted octanol–water partition coefficient (Wildman–Crippen LogP) is 3.18. The van der Waals surface area contributed by atoms with Gasteiger partial charge in [-0.2, -0.15) is 13.2 Å². The Morgan fingerprint density at radius 3 is 2.26 bits per heavy atom. The molecule has 8 nitrogen and oxygen atoms in total. The number of sulfonamides is 1. The van der Waals surface area contributed by atoms with Gasteiger partial charge in [-0.1, -0.05) is 29.5 Å². The maximum atomic E-state index is 13.8. The molecule has 0 saturated heterocycles. The van der Waals surface area contributed by atoms with Crippen LogP contribution in [0.4, 0.5) is 17.6 Å². The summed E-state index contributed by atoms with van der Waals surface area (Å²) in [5.41, 5.74) is -1.74. The van der Waals surface area contributed by atoms with Crippen molar-refractivity contribution in [3.05, 3.63) is 76.9 Å². The third-order valence-electron chi connectivity index (χ3n) is 4.54. The number of aromatic nitrogens is 3. The van der Waals surface area contributed by atoms with E-state index in [1.54, 1.807) is 38.1 Å². The van der Waals surface area contributed by atoms with Crippen LogP contribution in [0.3, 0.4) is 0 Å². The third-order valence-corrected chi connectivity index (χ3v) is 6.07. The molecule has 0 aliphatic heterocycles. The van der Waals surface area contributed by atoms with Crippen molar-refractivity contribution in [1.82, 2.24) is 25.0 Å². The fourth-order valence-electron chi connectivity index (χ4n) is 3.19. The molecular weight excluding hydrogens is 478 g/mol. The lowest BCUT2D eigenvalue weighted by Crippen LogP contribution is -2.32. The van der Waals surface area contributed by atoms with Gasteiger partial charge in [0.05, 0.1) is 11.4 Å². The second kappa shape index (κ2) is 9.89. The first-order valence-electron chi connectivity index (χ1n) is 10.0. The zero-order chi connectivity index (χ0) is 25.1. The van der Waals surface area contributed by atoms with E-state index in [1.165, 1.54) is 0 Å². The zero-order valence-corrected chi connectivity index (χ0v) is 18.9. The number of hydrogen-bond donors (Lipinski definition) is 2. The third kappa shape index (κ3) is 6.17. The highest BCUT2D eigenvalue weighted by atomic mass is 32.2. The number of alkyl halides is 3. The highest BCUT2D eigenvalue weighted by molar-refractivity contribution is 7.88. The van der Waals surface area contributed by atoms with Crippen LogP contribution in [-0.4, -0.2) is 35.4 Å². The molecule has 182 valence electrons. The van der Waals surface area contributed by atoms with Gasteiger partial charge in [0.1, 0.15) is 5.82 Å². The van der Waals surface area contributed by atoms with Crippen LogP contribution in [0.25, 0.3) is 5.69 Å². The molecule has 2 aromatic carbocycles. The van der Waals surface area contributed by atoms with E-state index in [1.807, 2.05) is 0 Å². The molecule has 0 radical (unpaired) electrons. The number of halogens is 4. The van der Waals surface area contributed by atoms with Crippen molar-refractivity contribution in [1.29, 1.82) is 0 Å². The van der Waals surface area contributed by atoms with Crippen LogP contribution in [0, 0.1) is 5.82 Å². The molecule has 1 aromatic heterocycles. The van der Waals surface area contributed by atoms with Gasteiger partial charge < -0.3 is 5.32 Å². The van der Waals surface area contributed by atoms with E-state index in [4.69, 9.17) is 0 Å². The number of benzene rings is 2. The molecule has 34 heavy (non-hydrogen) atoms. The Kier molecular flexibility index (Phi) is 7.36. The molecule has 1 heterocycles. The van der Waals surface area contributed by atoms with E-state index in [2.05, 4.69) is 20.4 Å². The van der Waals surface area contributed by atoms with Crippen molar-refractivity contribution < 1.29 is 30.8 Å². The molecule has 0 bridgehead atoms. The van der Waals surface area contributed by atoms with Crippen molar-refractivity contribution in [3.63, 3.8) is 0 Å². The monoisotopic (exact) mass is 499 g/mol. The number of amides is 1. The molecule has 0 aliphatic carbocycles. The summed E-state index contributed by atoms with van der Waals surface area (Å²) in [7, 11) is -3.67. The lowest BCUT2D eigenvalue weighted by Gasteiger charge is -2.14. The van der Waals surface area contributed by atoms with Gasteiger partial charge >= 0.3 is 6.18 Å². The van der Waals surface area contributed by atoms with Gasteiger partial charge in [0.2, 0.25) is 10.0 Å². The van der Waals surface area contributed by atoms with E-state index < -0.39 is 39.3 Å². The Hall–Kier alpha value is -3.32. The zero-order valence-electron chi connectivity index (χ0n) is 18.1. The predicted molar refractivity (Wildman–Crippen MR) is 115 cm³/mol. The second-order valence-corrected chi connectivity index (χ2v) is 9.41. The number of nitrogens with one attached hydrogen (secondary N) is 2. The molecule has 0 unspecified atom stereocenters. The molecular formula is C21H21F4N5O3S. The smallest absolute Gasteiger partial charge is 0.346 e. The second-order valence-electron chi connectivity index (χ2n) is 7.66. The summed E-state index contributed by atoms with van der Waals surface area (Å²) in [5.74, 6) is -2.18. The molecule has 0 atom stereocenters. The van der Waals surface area contributed by atoms with Gasteiger partial charge in [-0.05, 0) is 49.2 Å². The van der Waals surface area contributed by atoms with Crippen molar-refractivity contribution in [3.8, 4) is 5.69 Å². The standard InChI is InChI=1S/C21H21F4N5O3S/c1-13(2)28-34(32,33)12-15-6-4-3-5-14(15)11-26-20(31)18-19(21(23,24)25)30(29-27-18)17-9-7-16(22)8-10-17/h3-10,13,28H,11-12H2,1-2H3,(H,26,31). The number of hydrogen-bond acceptors (Lipinski definition) is 5. The summed E-state index contributed by atoms with van der Waals surface area (Å²) in [4.78, 5) is 12.6. The first-order valence-corrected chi connectivity index (χ1v) is 11.7. The van der Waals surface area contributed by atoms with Crippen molar-refractivity contribution in [2.45, 2.75) is 38.4 Å². The topological polar surface area (TPSA) is 106 Å². The summed E-state index contributed by atoms with van der Waals surface area (Å²) in [5, 5.41) is 9.16. The number of rotatable bonds is 8. The van der Waals surface area contributed by atoms with E-state index in [9.17, 15) is 30.8 Å². The minimum Gasteiger partial charge on any atom is -0.346 e. The van der Waals surface area contributed by atoms with Crippen LogP contribution >= 0.6 is 0 Å². The minimum atomic E-state index is -4.99. The Bertz CT molecular complexity index is 1270. The van der Waals surface area contributed by atoms with E-state index in [0.717, 1.165) is 24.3 Å². The normalized spacial score (nSPS) is 12.2. The molecule has 0 aliphatic rings. The van der Waals surface area contributed by atoms with Gasteiger partial charge in [0.15, 0.2) is 11.4 Å². The first-order chi connectivity index (χ1) is 15.9. The highest BCUT2D eigenvalue weighted by Crippen LogP contribution is 2.32. The number of nitrogens with zero attached hydrogens (tertiary/aromatic N) is 3. The fraction of sp³-hybridized carbons (Fsp3) is 0.286. The van der Waals surface area contributed by atoms with Crippen molar-refractivity contribution in [2.24, 2.45) is 0 Å². The summed E-state index contributed by atoms with van der Waals surface area (Å²) < 4.78 is 81.8. The number of carbonyl (C=O) groups is 1. The van der Waals surface area contributed by atoms with Crippen molar-refractivity contribution in [2.75, 3.05) is 0 Å². The Morgan fingerprint density at radius 1 is 1.06 bits per heavy atom. The summed E-state index contributed by atoms with van der Waals surface area (Å²) in [6, 6.07) is 10.1. The molecule has 0 spiro atoms. The average molecular weight is 499 g/mol. The van der Waals surface area contributed by atoms with Crippen LogP contribution in [-0.2, 0) is 28.5 Å². The molecule has 0 saturated carbocycles. The van der Waals surface area contributed by atoms with Gasteiger partial charge in [0.25, 0.3) is 5.91 Å². The van der Waals surface area contributed by atoms with Crippen LogP contribution in [0.1, 0.15) is 41.2 Å². The summed E-state index contributed by atoms with van der Waals surface area (Å²) in [6.45, 7) is 3.09. The van der Waals surface area contributed by atoms with Crippen LogP contribution in [0.5, 0.6) is 0 Å². The summed E-state index contributed by atoms with van der Waals surface area (Å²) in [6.07, 6.45) is -4.99. The molecule has 13 heteroatoms. The van der Waals surface area contributed by atoms with Gasteiger partial charge in [-0.15, -0.1) is 5.10 Å². The quantitative estimate of drug-likeness (QED) is 0.463. The largest absolute Gasteiger partial charge is 0.435 e. The van der Waals surface area contributed by atoms with Crippen LogP contribution < -0.4 is 10.0 Å².